The van der Waals surface area contributed by atoms with E-state index in [1.807, 2.05) is 55.5 Å². The predicted octanol–water partition coefficient (Wildman–Crippen LogP) is 3.50. The fraction of sp³-hybridized carbons (Fsp3) is 0.286. The third-order valence-electron chi connectivity index (χ3n) is 4.71. The number of carbonyl (C=O) groups is 1. The maximum absolute atomic E-state index is 12.4. The van der Waals surface area contributed by atoms with Crippen molar-refractivity contribution in [3.05, 3.63) is 65.4 Å². The molecule has 3 aromatic rings. The lowest BCUT2D eigenvalue weighted by Crippen LogP contribution is -2.33. The van der Waals surface area contributed by atoms with Crippen LogP contribution in [0.5, 0.6) is 5.75 Å². The normalized spacial score (nSPS) is 16.3. The van der Waals surface area contributed by atoms with Crippen LogP contribution < -0.4 is 10.1 Å². The standard InChI is InChI=1S/C21H22N2O3/c1-2-25-21(24)17-11-22-12-19-20(17)16-10-15(8-9-18(16)23-19)26-13-14-6-4-3-5-7-14/h3-10,17,22-23H,2,11-13H2,1H3. The van der Waals surface area contributed by atoms with Gasteiger partial charge < -0.3 is 19.8 Å². The first-order valence-corrected chi connectivity index (χ1v) is 8.95. The van der Waals surface area contributed by atoms with E-state index in [2.05, 4.69) is 10.3 Å². The van der Waals surface area contributed by atoms with Crippen LogP contribution in [0.25, 0.3) is 10.9 Å². The Kier molecular flexibility index (Phi) is 4.63. The van der Waals surface area contributed by atoms with Gasteiger partial charge in [0.2, 0.25) is 0 Å². The molecule has 5 heteroatoms. The van der Waals surface area contributed by atoms with Gasteiger partial charge in [-0.1, -0.05) is 30.3 Å². The van der Waals surface area contributed by atoms with Crippen molar-refractivity contribution < 1.29 is 14.3 Å². The van der Waals surface area contributed by atoms with Gasteiger partial charge in [-0.25, -0.2) is 0 Å². The van der Waals surface area contributed by atoms with Crippen molar-refractivity contribution in [3.8, 4) is 5.75 Å². The van der Waals surface area contributed by atoms with E-state index in [-0.39, 0.29) is 11.9 Å². The maximum Gasteiger partial charge on any atom is 0.314 e. The number of hydrogen-bond acceptors (Lipinski definition) is 4. The molecule has 5 nitrogen and oxygen atoms in total. The van der Waals surface area contributed by atoms with Gasteiger partial charge in [0.1, 0.15) is 12.4 Å². The van der Waals surface area contributed by atoms with Crippen molar-refractivity contribution in [1.29, 1.82) is 0 Å². The highest BCUT2D eigenvalue weighted by Crippen LogP contribution is 2.34. The maximum atomic E-state index is 12.4. The van der Waals surface area contributed by atoms with Gasteiger partial charge in [-0.2, -0.15) is 0 Å². The third kappa shape index (κ3) is 3.18. The number of aromatic amines is 1. The van der Waals surface area contributed by atoms with Crippen LogP contribution in [-0.2, 0) is 22.7 Å². The molecule has 1 aliphatic rings. The summed E-state index contributed by atoms with van der Waals surface area (Å²) in [4.78, 5) is 15.8. The summed E-state index contributed by atoms with van der Waals surface area (Å²) in [5.74, 6) is 0.318. The van der Waals surface area contributed by atoms with E-state index in [1.165, 1.54) is 0 Å². The van der Waals surface area contributed by atoms with E-state index in [9.17, 15) is 4.79 Å². The molecule has 1 atom stereocenters. The molecule has 2 heterocycles. The van der Waals surface area contributed by atoms with Gasteiger partial charge >= 0.3 is 5.97 Å². The topological polar surface area (TPSA) is 63.3 Å². The van der Waals surface area contributed by atoms with Crippen LogP contribution in [0.2, 0.25) is 0 Å². The van der Waals surface area contributed by atoms with E-state index in [4.69, 9.17) is 9.47 Å². The van der Waals surface area contributed by atoms with Crippen LogP contribution in [0.3, 0.4) is 0 Å². The van der Waals surface area contributed by atoms with Gasteiger partial charge in [0, 0.05) is 29.7 Å². The summed E-state index contributed by atoms with van der Waals surface area (Å²) in [6, 6.07) is 16.1. The average Bonchev–Trinajstić information content (AvgIpc) is 3.05. The lowest BCUT2D eigenvalue weighted by atomic mass is 9.93. The largest absolute Gasteiger partial charge is 0.489 e. The number of fused-ring (bicyclic) bond motifs is 3. The number of aromatic nitrogens is 1. The molecule has 0 spiro atoms. The van der Waals surface area contributed by atoms with Crippen molar-refractivity contribution in [2.24, 2.45) is 0 Å². The Hall–Kier alpha value is -2.79. The van der Waals surface area contributed by atoms with E-state index >= 15 is 0 Å². The zero-order valence-electron chi connectivity index (χ0n) is 14.7. The average molecular weight is 350 g/mol. The van der Waals surface area contributed by atoms with E-state index in [0.717, 1.165) is 40.0 Å². The number of carbonyl (C=O) groups excluding carboxylic acids is 1. The summed E-state index contributed by atoms with van der Waals surface area (Å²) in [6.07, 6.45) is 0. The number of nitrogens with one attached hydrogen (secondary N) is 2. The molecule has 26 heavy (non-hydrogen) atoms. The molecule has 0 amide bonds. The van der Waals surface area contributed by atoms with Crippen LogP contribution in [-0.4, -0.2) is 24.1 Å². The molecule has 2 aromatic carbocycles. The molecule has 0 fully saturated rings. The summed E-state index contributed by atoms with van der Waals surface area (Å²) >= 11 is 0. The highest BCUT2D eigenvalue weighted by molar-refractivity contribution is 5.92. The van der Waals surface area contributed by atoms with Crippen LogP contribution in [0.4, 0.5) is 0 Å². The molecule has 0 saturated heterocycles. The second kappa shape index (κ2) is 7.22. The van der Waals surface area contributed by atoms with Crippen LogP contribution >= 0.6 is 0 Å². The van der Waals surface area contributed by atoms with Gasteiger partial charge in [0.05, 0.1) is 12.5 Å². The zero-order chi connectivity index (χ0) is 17.9. The van der Waals surface area contributed by atoms with Crippen molar-refractivity contribution in [2.45, 2.75) is 26.0 Å². The molecule has 0 bridgehead atoms. The number of H-pyrrole nitrogens is 1. The molecule has 4 rings (SSSR count). The van der Waals surface area contributed by atoms with E-state index < -0.39 is 0 Å². The van der Waals surface area contributed by atoms with Crippen molar-refractivity contribution in [1.82, 2.24) is 10.3 Å². The van der Waals surface area contributed by atoms with Crippen LogP contribution in [0.1, 0.15) is 29.7 Å². The van der Waals surface area contributed by atoms with Gasteiger partial charge in [-0.15, -0.1) is 0 Å². The Bertz CT molecular complexity index is 918. The Morgan fingerprint density at radius 2 is 2.04 bits per heavy atom. The van der Waals surface area contributed by atoms with E-state index in [0.29, 0.717) is 19.8 Å². The Balaban J connectivity index is 1.65. The van der Waals surface area contributed by atoms with Gasteiger partial charge in [-0.05, 0) is 36.2 Å². The molecule has 1 aliphatic heterocycles. The summed E-state index contributed by atoms with van der Waals surface area (Å²) < 4.78 is 11.2. The minimum absolute atomic E-state index is 0.183. The van der Waals surface area contributed by atoms with Crippen molar-refractivity contribution in [3.63, 3.8) is 0 Å². The number of ether oxygens (including phenoxy) is 2. The monoisotopic (exact) mass is 350 g/mol. The Labute approximate surface area is 152 Å². The molecule has 0 saturated carbocycles. The van der Waals surface area contributed by atoms with Gasteiger partial charge in [-0.3, -0.25) is 4.79 Å². The first-order valence-electron chi connectivity index (χ1n) is 8.95. The first kappa shape index (κ1) is 16.7. The van der Waals surface area contributed by atoms with Crippen molar-refractivity contribution >= 4 is 16.9 Å². The second-order valence-electron chi connectivity index (χ2n) is 6.43. The van der Waals surface area contributed by atoms with Gasteiger partial charge in [0.15, 0.2) is 0 Å². The van der Waals surface area contributed by atoms with E-state index in [1.54, 1.807) is 0 Å². The van der Waals surface area contributed by atoms with Gasteiger partial charge in [0.25, 0.3) is 0 Å². The highest BCUT2D eigenvalue weighted by atomic mass is 16.5. The van der Waals surface area contributed by atoms with Crippen LogP contribution in [0, 0.1) is 0 Å². The smallest absolute Gasteiger partial charge is 0.314 e. The minimum Gasteiger partial charge on any atom is -0.489 e. The first-order chi connectivity index (χ1) is 12.8. The summed E-state index contributed by atoms with van der Waals surface area (Å²) in [6.45, 7) is 4.05. The molecule has 1 unspecified atom stereocenters. The molecular formula is C21H22N2O3. The molecular weight excluding hydrogens is 328 g/mol. The molecule has 0 aliphatic carbocycles. The molecule has 134 valence electrons. The fourth-order valence-electron chi connectivity index (χ4n) is 3.50. The van der Waals surface area contributed by atoms with Crippen molar-refractivity contribution in [2.75, 3.05) is 13.2 Å². The highest BCUT2D eigenvalue weighted by Gasteiger charge is 2.31. The van der Waals surface area contributed by atoms with Crippen LogP contribution in [0.15, 0.2) is 48.5 Å². The lowest BCUT2D eigenvalue weighted by molar-refractivity contribution is -0.145. The fourth-order valence-corrected chi connectivity index (χ4v) is 3.50. The number of rotatable bonds is 5. The number of esters is 1. The number of benzene rings is 2. The quantitative estimate of drug-likeness (QED) is 0.692. The lowest BCUT2D eigenvalue weighted by Gasteiger charge is -2.22. The second-order valence-corrected chi connectivity index (χ2v) is 6.43. The SMILES string of the molecule is CCOC(=O)C1CNCc2[nH]c3ccc(OCc4ccccc4)cc3c21. The summed E-state index contributed by atoms with van der Waals surface area (Å²) in [5, 5.41) is 4.32. The predicted molar refractivity (Wildman–Crippen MR) is 100 cm³/mol. The summed E-state index contributed by atoms with van der Waals surface area (Å²) in [5.41, 5.74) is 4.21. The Morgan fingerprint density at radius 1 is 1.19 bits per heavy atom. The molecule has 0 radical (unpaired) electrons. The number of hydrogen-bond donors (Lipinski definition) is 2. The zero-order valence-corrected chi connectivity index (χ0v) is 14.7. The third-order valence-corrected chi connectivity index (χ3v) is 4.71. The summed E-state index contributed by atoms with van der Waals surface area (Å²) in [7, 11) is 0. The molecule has 2 N–H and O–H groups in total. The minimum atomic E-state index is -0.295. The molecule has 1 aromatic heterocycles. The Morgan fingerprint density at radius 3 is 2.85 bits per heavy atom.